The minimum atomic E-state index is -4.72. The molecule has 0 aliphatic heterocycles. The number of rotatable bonds is 5. The standard InChI is InChI=1S/C12H15F3N2OS/c1-2-3-7-19-10-6-4-5-9(8-10)16-11(18)17-12(13,14)15/h4-6,8H,2-3,7H2,1H3,(H2,16,17,18). The molecule has 2 amide bonds. The van der Waals surface area contributed by atoms with Gasteiger partial charge in [0.1, 0.15) is 0 Å². The maximum Gasteiger partial charge on any atom is 0.485 e. The Hall–Kier alpha value is -1.37. The first kappa shape index (κ1) is 15.7. The predicted octanol–water partition coefficient (Wildman–Crippen LogP) is 4.22. The number of unbranched alkanes of at least 4 members (excludes halogenated alkanes) is 1. The summed E-state index contributed by atoms with van der Waals surface area (Å²) < 4.78 is 35.8. The van der Waals surface area contributed by atoms with Crippen molar-refractivity contribution in [3.63, 3.8) is 0 Å². The number of hydrogen-bond acceptors (Lipinski definition) is 2. The molecule has 0 spiro atoms. The lowest BCUT2D eigenvalue weighted by Crippen LogP contribution is -2.40. The van der Waals surface area contributed by atoms with Gasteiger partial charge < -0.3 is 5.32 Å². The van der Waals surface area contributed by atoms with Crippen LogP contribution in [0.1, 0.15) is 19.8 Å². The van der Waals surface area contributed by atoms with Crippen LogP contribution in [0.2, 0.25) is 0 Å². The van der Waals surface area contributed by atoms with Gasteiger partial charge in [0.05, 0.1) is 0 Å². The zero-order chi connectivity index (χ0) is 14.3. The molecule has 0 aromatic heterocycles. The summed E-state index contributed by atoms with van der Waals surface area (Å²) in [4.78, 5) is 12.0. The van der Waals surface area contributed by atoms with E-state index in [1.54, 1.807) is 30.0 Å². The molecule has 0 aliphatic rings. The summed E-state index contributed by atoms with van der Waals surface area (Å²) in [6.07, 6.45) is -2.58. The van der Waals surface area contributed by atoms with E-state index in [0.29, 0.717) is 5.69 Å². The SMILES string of the molecule is CCCCSc1cccc(NC(=O)NC(F)(F)F)c1. The Bertz CT molecular complexity index is 424. The fourth-order valence-corrected chi connectivity index (χ4v) is 2.34. The molecule has 0 saturated carbocycles. The van der Waals surface area contributed by atoms with Crippen LogP contribution in [-0.4, -0.2) is 18.1 Å². The number of nitrogens with one attached hydrogen (secondary N) is 2. The largest absolute Gasteiger partial charge is 0.485 e. The Balaban J connectivity index is 2.54. The first-order valence-electron chi connectivity index (χ1n) is 5.79. The lowest BCUT2D eigenvalue weighted by atomic mass is 10.3. The van der Waals surface area contributed by atoms with Crippen LogP contribution < -0.4 is 10.6 Å². The van der Waals surface area contributed by atoms with Gasteiger partial charge >= 0.3 is 12.3 Å². The van der Waals surface area contributed by atoms with Gasteiger partial charge in [-0.15, -0.1) is 11.8 Å². The van der Waals surface area contributed by atoms with Crippen LogP contribution in [0.4, 0.5) is 23.7 Å². The van der Waals surface area contributed by atoms with Gasteiger partial charge in [0.2, 0.25) is 0 Å². The Kier molecular flexibility index (Phi) is 6.01. The third kappa shape index (κ3) is 6.95. The third-order valence-corrected chi connectivity index (χ3v) is 3.19. The first-order valence-corrected chi connectivity index (χ1v) is 6.78. The number of benzene rings is 1. The molecule has 0 heterocycles. The van der Waals surface area contributed by atoms with Crippen molar-refractivity contribution in [3.05, 3.63) is 24.3 Å². The number of anilines is 1. The number of carbonyl (C=O) groups excluding carboxylic acids is 1. The van der Waals surface area contributed by atoms with E-state index in [2.05, 4.69) is 12.2 Å². The van der Waals surface area contributed by atoms with Gasteiger partial charge in [-0.25, -0.2) is 10.1 Å². The monoisotopic (exact) mass is 292 g/mol. The summed E-state index contributed by atoms with van der Waals surface area (Å²) in [5, 5.41) is 3.03. The average molecular weight is 292 g/mol. The number of urea groups is 1. The number of amides is 2. The Morgan fingerprint density at radius 3 is 2.74 bits per heavy atom. The van der Waals surface area contributed by atoms with Crippen LogP contribution in [0.3, 0.4) is 0 Å². The molecule has 0 saturated heterocycles. The average Bonchev–Trinajstić information content (AvgIpc) is 2.27. The van der Waals surface area contributed by atoms with E-state index >= 15 is 0 Å². The van der Waals surface area contributed by atoms with Gasteiger partial charge in [-0.1, -0.05) is 19.4 Å². The van der Waals surface area contributed by atoms with E-state index in [1.807, 2.05) is 6.07 Å². The van der Waals surface area contributed by atoms with Crippen LogP contribution in [0, 0.1) is 0 Å². The van der Waals surface area contributed by atoms with Crippen molar-refractivity contribution < 1.29 is 18.0 Å². The maximum atomic E-state index is 11.9. The number of hydrogen-bond donors (Lipinski definition) is 2. The van der Waals surface area contributed by atoms with E-state index in [4.69, 9.17) is 0 Å². The molecule has 106 valence electrons. The van der Waals surface area contributed by atoms with E-state index in [1.165, 1.54) is 0 Å². The van der Waals surface area contributed by atoms with Crippen molar-refractivity contribution in [2.75, 3.05) is 11.1 Å². The molecule has 0 radical (unpaired) electrons. The Morgan fingerprint density at radius 2 is 2.11 bits per heavy atom. The highest BCUT2D eigenvalue weighted by atomic mass is 32.2. The fraction of sp³-hybridized carbons (Fsp3) is 0.417. The van der Waals surface area contributed by atoms with Gasteiger partial charge in [0.25, 0.3) is 0 Å². The molecule has 0 atom stereocenters. The van der Waals surface area contributed by atoms with E-state index in [-0.39, 0.29) is 0 Å². The summed E-state index contributed by atoms with van der Waals surface area (Å²) >= 11 is 1.61. The van der Waals surface area contributed by atoms with Crippen molar-refractivity contribution in [1.82, 2.24) is 5.32 Å². The molecule has 1 aromatic rings. The molecule has 0 bridgehead atoms. The highest BCUT2D eigenvalue weighted by Gasteiger charge is 2.29. The first-order chi connectivity index (χ1) is 8.90. The van der Waals surface area contributed by atoms with Gasteiger partial charge in [-0.2, -0.15) is 13.2 Å². The molecule has 3 nitrogen and oxygen atoms in total. The van der Waals surface area contributed by atoms with Gasteiger partial charge in [0, 0.05) is 10.6 Å². The van der Waals surface area contributed by atoms with E-state index in [0.717, 1.165) is 28.8 Å². The zero-order valence-electron chi connectivity index (χ0n) is 10.4. The molecule has 7 heteroatoms. The van der Waals surface area contributed by atoms with Crippen LogP contribution >= 0.6 is 11.8 Å². The summed E-state index contributed by atoms with van der Waals surface area (Å²) in [6.45, 7) is 2.08. The molecule has 0 unspecified atom stereocenters. The van der Waals surface area contributed by atoms with Gasteiger partial charge in [-0.05, 0) is 30.4 Å². The second kappa shape index (κ2) is 7.28. The smallest absolute Gasteiger partial charge is 0.308 e. The summed E-state index contributed by atoms with van der Waals surface area (Å²) in [5.74, 6) is 0.939. The fourth-order valence-electron chi connectivity index (χ4n) is 1.29. The van der Waals surface area contributed by atoms with Crippen molar-refractivity contribution in [3.8, 4) is 0 Å². The number of alkyl halides is 3. The number of halogens is 3. The lowest BCUT2D eigenvalue weighted by Gasteiger charge is -2.10. The second-order valence-corrected chi connectivity index (χ2v) is 4.98. The van der Waals surface area contributed by atoms with Crippen LogP contribution in [0.25, 0.3) is 0 Å². The summed E-state index contributed by atoms with van der Waals surface area (Å²) in [6, 6.07) is 5.45. The van der Waals surface area contributed by atoms with Crippen molar-refractivity contribution >= 4 is 23.5 Å². The summed E-state index contributed by atoms with van der Waals surface area (Å²) in [7, 11) is 0. The topological polar surface area (TPSA) is 41.1 Å². The van der Waals surface area contributed by atoms with Crippen molar-refractivity contribution in [2.45, 2.75) is 31.0 Å². The molecular formula is C12H15F3N2OS. The molecular weight excluding hydrogens is 277 g/mol. The predicted molar refractivity (Wildman–Crippen MR) is 70.3 cm³/mol. The van der Waals surface area contributed by atoms with Crippen LogP contribution in [0.15, 0.2) is 29.2 Å². The zero-order valence-corrected chi connectivity index (χ0v) is 11.2. The summed E-state index contributed by atoms with van der Waals surface area (Å²) in [5.41, 5.74) is 0.336. The molecule has 1 rings (SSSR count). The highest BCUT2D eigenvalue weighted by molar-refractivity contribution is 7.99. The molecule has 19 heavy (non-hydrogen) atoms. The number of carbonyl (C=O) groups is 1. The van der Waals surface area contributed by atoms with E-state index in [9.17, 15) is 18.0 Å². The minimum Gasteiger partial charge on any atom is -0.308 e. The molecule has 1 aromatic carbocycles. The maximum absolute atomic E-state index is 11.9. The second-order valence-electron chi connectivity index (χ2n) is 3.81. The van der Waals surface area contributed by atoms with Gasteiger partial charge in [-0.3, -0.25) is 0 Å². The van der Waals surface area contributed by atoms with Crippen molar-refractivity contribution in [1.29, 1.82) is 0 Å². The number of thioether (sulfide) groups is 1. The normalized spacial score (nSPS) is 11.2. The lowest BCUT2D eigenvalue weighted by molar-refractivity contribution is -0.144. The Morgan fingerprint density at radius 1 is 1.37 bits per heavy atom. The highest BCUT2D eigenvalue weighted by Crippen LogP contribution is 2.22. The molecule has 2 N–H and O–H groups in total. The molecule has 0 fully saturated rings. The van der Waals surface area contributed by atoms with Crippen LogP contribution in [0.5, 0.6) is 0 Å². The molecule has 0 aliphatic carbocycles. The van der Waals surface area contributed by atoms with Crippen molar-refractivity contribution in [2.24, 2.45) is 0 Å². The quantitative estimate of drug-likeness (QED) is 0.484. The van der Waals surface area contributed by atoms with Gasteiger partial charge in [0.15, 0.2) is 0 Å². The Labute approximate surface area is 114 Å². The minimum absolute atomic E-state index is 0.336. The van der Waals surface area contributed by atoms with E-state index < -0.39 is 12.3 Å². The van der Waals surface area contributed by atoms with Crippen LogP contribution in [-0.2, 0) is 0 Å². The third-order valence-electron chi connectivity index (χ3n) is 2.11.